The highest BCUT2D eigenvalue weighted by Gasteiger charge is 2.07. The lowest BCUT2D eigenvalue weighted by atomic mass is 10.1. The average Bonchev–Trinajstić information content (AvgIpc) is 2.90. The maximum Gasteiger partial charge on any atom is 0.337 e. The van der Waals surface area contributed by atoms with E-state index < -0.39 is 0 Å². The van der Waals surface area contributed by atoms with Gasteiger partial charge in [-0.05, 0) is 36.1 Å². The standard InChI is InChI=1S/C14H15NO2S/c1-10-5-6-11(14(16)17-2)8-13(10)15-9-12-4-3-7-18-12/h3-8,15H,9H2,1-2H3. The first-order chi connectivity index (χ1) is 8.70. The number of carbonyl (C=O) groups is 1. The summed E-state index contributed by atoms with van der Waals surface area (Å²) in [6.45, 7) is 2.78. The highest BCUT2D eigenvalue weighted by atomic mass is 32.1. The zero-order valence-electron chi connectivity index (χ0n) is 10.4. The van der Waals surface area contributed by atoms with E-state index in [1.54, 1.807) is 17.4 Å². The van der Waals surface area contributed by atoms with Gasteiger partial charge in [0, 0.05) is 17.1 Å². The van der Waals surface area contributed by atoms with Crippen LogP contribution in [0.25, 0.3) is 0 Å². The van der Waals surface area contributed by atoms with Crippen LogP contribution in [0.5, 0.6) is 0 Å². The summed E-state index contributed by atoms with van der Waals surface area (Å²) < 4.78 is 4.72. The minimum Gasteiger partial charge on any atom is -0.465 e. The Morgan fingerprint density at radius 2 is 2.22 bits per heavy atom. The monoisotopic (exact) mass is 261 g/mol. The fraction of sp³-hybridized carbons (Fsp3) is 0.214. The summed E-state index contributed by atoms with van der Waals surface area (Å²) in [5, 5.41) is 5.39. The van der Waals surface area contributed by atoms with Crippen LogP contribution in [-0.4, -0.2) is 13.1 Å². The molecule has 0 atom stereocenters. The van der Waals surface area contributed by atoms with Crippen LogP contribution in [0.4, 0.5) is 5.69 Å². The number of hydrogen-bond donors (Lipinski definition) is 1. The lowest BCUT2D eigenvalue weighted by Crippen LogP contribution is -2.04. The van der Waals surface area contributed by atoms with Gasteiger partial charge in [-0.25, -0.2) is 4.79 Å². The Bertz CT molecular complexity index is 535. The van der Waals surface area contributed by atoms with Crippen LogP contribution in [0.15, 0.2) is 35.7 Å². The zero-order valence-corrected chi connectivity index (χ0v) is 11.2. The van der Waals surface area contributed by atoms with Crippen LogP contribution in [0.3, 0.4) is 0 Å². The molecule has 2 rings (SSSR count). The van der Waals surface area contributed by atoms with E-state index in [4.69, 9.17) is 4.74 Å². The molecule has 0 bridgehead atoms. The normalized spacial score (nSPS) is 10.1. The number of aryl methyl sites for hydroxylation is 1. The van der Waals surface area contributed by atoms with E-state index in [1.165, 1.54) is 12.0 Å². The van der Waals surface area contributed by atoms with Crippen molar-refractivity contribution in [3.63, 3.8) is 0 Å². The van der Waals surface area contributed by atoms with E-state index >= 15 is 0 Å². The summed E-state index contributed by atoms with van der Waals surface area (Å²) in [5.74, 6) is -0.311. The number of ether oxygens (including phenoxy) is 1. The largest absolute Gasteiger partial charge is 0.465 e. The molecule has 0 saturated heterocycles. The van der Waals surface area contributed by atoms with Gasteiger partial charge >= 0.3 is 5.97 Å². The second kappa shape index (κ2) is 5.69. The maximum atomic E-state index is 11.5. The zero-order chi connectivity index (χ0) is 13.0. The van der Waals surface area contributed by atoms with E-state index in [0.29, 0.717) is 5.56 Å². The lowest BCUT2D eigenvalue weighted by Gasteiger charge is -2.10. The van der Waals surface area contributed by atoms with Crippen molar-refractivity contribution < 1.29 is 9.53 Å². The second-order valence-corrected chi connectivity index (χ2v) is 4.99. The second-order valence-electron chi connectivity index (χ2n) is 3.95. The molecule has 0 aliphatic heterocycles. The summed E-state index contributed by atoms with van der Waals surface area (Å²) in [7, 11) is 1.39. The van der Waals surface area contributed by atoms with Crippen LogP contribution >= 0.6 is 11.3 Å². The maximum absolute atomic E-state index is 11.5. The first kappa shape index (κ1) is 12.6. The van der Waals surface area contributed by atoms with Crippen molar-refractivity contribution in [1.29, 1.82) is 0 Å². The number of benzene rings is 1. The number of carbonyl (C=O) groups excluding carboxylic acids is 1. The van der Waals surface area contributed by atoms with E-state index in [1.807, 2.05) is 25.1 Å². The van der Waals surface area contributed by atoms with Crippen LogP contribution < -0.4 is 5.32 Å². The molecule has 0 spiro atoms. The van der Waals surface area contributed by atoms with Gasteiger partial charge in [0.05, 0.1) is 12.7 Å². The molecule has 2 aromatic rings. The Balaban J connectivity index is 2.13. The van der Waals surface area contributed by atoms with E-state index in [9.17, 15) is 4.79 Å². The molecule has 1 N–H and O–H groups in total. The number of nitrogens with one attached hydrogen (secondary N) is 1. The van der Waals surface area contributed by atoms with E-state index in [0.717, 1.165) is 17.8 Å². The number of hydrogen-bond acceptors (Lipinski definition) is 4. The molecule has 0 radical (unpaired) electrons. The molecule has 0 aliphatic rings. The van der Waals surface area contributed by atoms with Crippen molar-refractivity contribution in [3.8, 4) is 0 Å². The number of esters is 1. The molecule has 4 heteroatoms. The van der Waals surface area contributed by atoms with Gasteiger partial charge in [-0.2, -0.15) is 0 Å². The molecule has 3 nitrogen and oxygen atoms in total. The Morgan fingerprint density at radius 3 is 2.89 bits per heavy atom. The number of anilines is 1. The Kier molecular flexibility index (Phi) is 3.99. The molecule has 0 aliphatic carbocycles. The van der Waals surface area contributed by atoms with Gasteiger partial charge in [-0.1, -0.05) is 12.1 Å². The molecular weight excluding hydrogens is 246 g/mol. The van der Waals surface area contributed by atoms with Crippen LogP contribution in [-0.2, 0) is 11.3 Å². The molecule has 94 valence electrons. The summed E-state index contributed by atoms with van der Waals surface area (Å²) in [6, 6.07) is 9.63. The van der Waals surface area contributed by atoms with Gasteiger partial charge in [-0.15, -0.1) is 11.3 Å². The average molecular weight is 261 g/mol. The first-order valence-electron chi connectivity index (χ1n) is 5.66. The quantitative estimate of drug-likeness (QED) is 0.857. The molecule has 0 amide bonds. The SMILES string of the molecule is COC(=O)c1ccc(C)c(NCc2cccs2)c1. The predicted octanol–water partition coefficient (Wildman–Crippen LogP) is 3.46. The molecule has 18 heavy (non-hydrogen) atoms. The van der Waals surface area contributed by atoms with Crippen molar-refractivity contribution in [2.24, 2.45) is 0 Å². The van der Waals surface area contributed by atoms with Crippen molar-refractivity contribution >= 4 is 23.0 Å². The number of rotatable bonds is 4. The first-order valence-corrected chi connectivity index (χ1v) is 6.54. The third-order valence-electron chi connectivity index (χ3n) is 2.69. The fourth-order valence-electron chi connectivity index (χ4n) is 1.65. The predicted molar refractivity (Wildman–Crippen MR) is 74.2 cm³/mol. The van der Waals surface area contributed by atoms with Crippen molar-refractivity contribution in [3.05, 3.63) is 51.7 Å². The number of methoxy groups -OCH3 is 1. The molecule has 0 unspecified atom stereocenters. The van der Waals surface area contributed by atoms with Crippen molar-refractivity contribution in [1.82, 2.24) is 0 Å². The van der Waals surface area contributed by atoms with Gasteiger partial charge in [-0.3, -0.25) is 0 Å². The summed E-state index contributed by atoms with van der Waals surface area (Å²) >= 11 is 1.71. The van der Waals surface area contributed by atoms with Gasteiger partial charge in [0.15, 0.2) is 0 Å². The van der Waals surface area contributed by atoms with Crippen LogP contribution in [0.2, 0.25) is 0 Å². The third kappa shape index (κ3) is 2.90. The molecule has 1 aromatic heterocycles. The highest BCUT2D eigenvalue weighted by Crippen LogP contribution is 2.19. The molecule has 0 fully saturated rings. The molecular formula is C14H15NO2S. The summed E-state index contributed by atoms with van der Waals surface area (Å²) in [4.78, 5) is 12.7. The Hall–Kier alpha value is -1.81. The Morgan fingerprint density at radius 1 is 1.39 bits per heavy atom. The minimum atomic E-state index is -0.311. The molecule has 0 saturated carbocycles. The lowest BCUT2D eigenvalue weighted by molar-refractivity contribution is 0.0601. The van der Waals surface area contributed by atoms with Crippen LogP contribution in [0.1, 0.15) is 20.8 Å². The van der Waals surface area contributed by atoms with Crippen molar-refractivity contribution in [2.75, 3.05) is 12.4 Å². The topological polar surface area (TPSA) is 38.3 Å². The number of thiophene rings is 1. The van der Waals surface area contributed by atoms with Crippen molar-refractivity contribution in [2.45, 2.75) is 13.5 Å². The molecule has 1 heterocycles. The third-order valence-corrected chi connectivity index (χ3v) is 3.57. The van der Waals surface area contributed by atoms with Gasteiger partial charge in [0.25, 0.3) is 0 Å². The van der Waals surface area contributed by atoms with Gasteiger partial charge in [0.1, 0.15) is 0 Å². The van der Waals surface area contributed by atoms with Gasteiger partial charge in [0.2, 0.25) is 0 Å². The molecule has 1 aromatic carbocycles. The highest BCUT2D eigenvalue weighted by molar-refractivity contribution is 7.09. The summed E-state index contributed by atoms with van der Waals surface area (Å²) in [5.41, 5.74) is 2.64. The Labute approximate surface area is 110 Å². The van der Waals surface area contributed by atoms with E-state index in [-0.39, 0.29) is 5.97 Å². The summed E-state index contributed by atoms with van der Waals surface area (Å²) in [6.07, 6.45) is 0. The van der Waals surface area contributed by atoms with Gasteiger partial charge < -0.3 is 10.1 Å². The fourth-order valence-corrected chi connectivity index (χ4v) is 2.30. The van der Waals surface area contributed by atoms with E-state index in [2.05, 4.69) is 16.8 Å². The minimum absolute atomic E-state index is 0.311. The smallest absolute Gasteiger partial charge is 0.337 e. The van der Waals surface area contributed by atoms with Crippen LogP contribution in [0, 0.1) is 6.92 Å².